The first kappa shape index (κ1) is 19.5. The first-order valence-corrected chi connectivity index (χ1v) is 8.28. The summed E-state index contributed by atoms with van der Waals surface area (Å²) < 4.78 is 10.4. The molecule has 1 aromatic carbocycles. The second kappa shape index (κ2) is 9.57. The summed E-state index contributed by atoms with van der Waals surface area (Å²) >= 11 is 0. The highest BCUT2D eigenvalue weighted by Crippen LogP contribution is 2.29. The van der Waals surface area contributed by atoms with Crippen LogP contribution in [0.4, 0.5) is 11.6 Å². The second-order valence-electron chi connectivity index (χ2n) is 5.87. The Kier molecular flexibility index (Phi) is 7.16. The maximum Gasteiger partial charge on any atom is 0.274 e. The smallest absolute Gasteiger partial charge is 0.274 e. The Bertz CT molecular complexity index is 737. The minimum absolute atomic E-state index is 0.271. The summed E-state index contributed by atoms with van der Waals surface area (Å²) in [4.78, 5) is 23.0. The molecule has 0 aliphatic heterocycles. The molecule has 1 aromatic heterocycles. The zero-order valence-corrected chi connectivity index (χ0v) is 15.6. The van der Waals surface area contributed by atoms with Crippen LogP contribution in [0.5, 0.6) is 11.5 Å². The zero-order chi connectivity index (χ0) is 18.9. The van der Waals surface area contributed by atoms with Crippen molar-refractivity contribution in [3.63, 3.8) is 0 Å². The number of benzene rings is 1. The summed E-state index contributed by atoms with van der Waals surface area (Å²) in [6.45, 7) is 1.69. The molecule has 1 amide bonds. The third-order valence-electron chi connectivity index (χ3n) is 3.61. The van der Waals surface area contributed by atoms with Gasteiger partial charge in [-0.2, -0.15) is 0 Å². The molecule has 2 N–H and O–H groups in total. The van der Waals surface area contributed by atoms with Crippen molar-refractivity contribution in [3.05, 3.63) is 36.2 Å². The molecule has 0 atom stereocenters. The highest BCUT2D eigenvalue weighted by Gasteiger charge is 2.13. The molecule has 0 radical (unpaired) electrons. The number of aromatic nitrogens is 2. The van der Waals surface area contributed by atoms with E-state index in [9.17, 15) is 4.79 Å². The van der Waals surface area contributed by atoms with E-state index in [0.717, 1.165) is 19.5 Å². The Morgan fingerprint density at radius 1 is 1.19 bits per heavy atom. The third kappa shape index (κ3) is 5.59. The van der Waals surface area contributed by atoms with Gasteiger partial charge in [0.1, 0.15) is 17.2 Å². The number of anilines is 2. The standard InChI is InChI=1S/C18H25N5O3/c1-23(2)11-5-9-19-18-20-10-8-15(22-18)17(24)21-14-7-6-13(25-3)12-16(14)26-4/h6-8,10,12H,5,9,11H2,1-4H3,(H,21,24)(H,19,20,22). The van der Waals surface area contributed by atoms with E-state index in [1.807, 2.05) is 14.1 Å². The Balaban J connectivity index is 2.02. The van der Waals surface area contributed by atoms with Crippen LogP contribution in [0.1, 0.15) is 16.9 Å². The summed E-state index contributed by atoms with van der Waals surface area (Å²) in [7, 11) is 7.15. The number of nitrogens with one attached hydrogen (secondary N) is 2. The SMILES string of the molecule is COc1ccc(NC(=O)c2ccnc(NCCCN(C)C)n2)c(OC)c1. The number of rotatable bonds is 9. The van der Waals surface area contributed by atoms with Gasteiger partial charge < -0.3 is 25.0 Å². The fourth-order valence-corrected chi connectivity index (χ4v) is 2.25. The molecule has 0 bridgehead atoms. The van der Waals surface area contributed by atoms with E-state index in [2.05, 4.69) is 25.5 Å². The summed E-state index contributed by atoms with van der Waals surface area (Å²) in [5, 5.41) is 5.92. The first-order valence-electron chi connectivity index (χ1n) is 8.28. The van der Waals surface area contributed by atoms with Crippen molar-refractivity contribution >= 4 is 17.5 Å². The predicted octanol–water partition coefficient (Wildman–Crippen LogP) is 2.11. The van der Waals surface area contributed by atoms with Crippen molar-refractivity contribution in [2.45, 2.75) is 6.42 Å². The molecular formula is C18H25N5O3. The van der Waals surface area contributed by atoms with Gasteiger partial charge in [-0.3, -0.25) is 4.79 Å². The van der Waals surface area contributed by atoms with Crippen molar-refractivity contribution in [1.29, 1.82) is 0 Å². The van der Waals surface area contributed by atoms with E-state index in [4.69, 9.17) is 9.47 Å². The van der Waals surface area contributed by atoms with Gasteiger partial charge in [-0.15, -0.1) is 0 Å². The van der Waals surface area contributed by atoms with Gasteiger partial charge in [0.25, 0.3) is 5.91 Å². The molecule has 26 heavy (non-hydrogen) atoms. The lowest BCUT2D eigenvalue weighted by atomic mass is 10.2. The van der Waals surface area contributed by atoms with Crippen molar-refractivity contribution in [2.24, 2.45) is 0 Å². The minimum Gasteiger partial charge on any atom is -0.497 e. The Labute approximate surface area is 153 Å². The summed E-state index contributed by atoms with van der Waals surface area (Å²) in [5.74, 6) is 1.24. The monoisotopic (exact) mass is 359 g/mol. The number of methoxy groups -OCH3 is 2. The van der Waals surface area contributed by atoms with E-state index in [-0.39, 0.29) is 11.6 Å². The number of ether oxygens (including phenoxy) is 2. The van der Waals surface area contributed by atoms with Gasteiger partial charge >= 0.3 is 0 Å². The highest BCUT2D eigenvalue weighted by atomic mass is 16.5. The molecule has 0 aliphatic rings. The Morgan fingerprint density at radius 3 is 2.69 bits per heavy atom. The molecular weight excluding hydrogens is 334 g/mol. The predicted molar refractivity (Wildman–Crippen MR) is 101 cm³/mol. The molecule has 0 saturated carbocycles. The van der Waals surface area contributed by atoms with Crippen LogP contribution < -0.4 is 20.1 Å². The maximum absolute atomic E-state index is 12.5. The molecule has 1 heterocycles. The molecule has 140 valence electrons. The van der Waals surface area contributed by atoms with Crippen LogP contribution in [0.15, 0.2) is 30.5 Å². The number of carbonyl (C=O) groups is 1. The van der Waals surface area contributed by atoms with Gasteiger partial charge in [0.05, 0.1) is 19.9 Å². The van der Waals surface area contributed by atoms with E-state index in [1.54, 1.807) is 37.6 Å². The molecule has 0 aliphatic carbocycles. The van der Waals surface area contributed by atoms with Gasteiger partial charge in [-0.05, 0) is 45.3 Å². The van der Waals surface area contributed by atoms with Crippen molar-refractivity contribution in [1.82, 2.24) is 14.9 Å². The fourth-order valence-electron chi connectivity index (χ4n) is 2.25. The van der Waals surface area contributed by atoms with Crippen LogP contribution in [0.2, 0.25) is 0 Å². The number of amides is 1. The van der Waals surface area contributed by atoms with Crippen LogP contribution >= 0.6 is 0 Å². The molecule has 0 unspecified atom stereocenters. The van der Waals surface area contributed by atoms with Crippen LogP contribution in [0.3, 0.4) is 0 Å². The second-order valence-corrected chi connectivity index (χ2v) is 5.87. The lowest BCUT2D eigenvalue weighted by Gasteiger charge is -2.12. The third-order valence-corrected chi connectivity index (χ3v) is 3.61. The van der Waals surface area contributed by atoms with Gasteiger partial charge in [-0.25, -0.2) is 9.97 Å². The van der Waals surface area contributed by atoms with Gasteiger partial charge in [-0.1, -0.05) is 0 Å². The normalized spacial score (nSPS) is 10.5. The van der Waals surface area contributed by atoms with E-state index < -0.39 is 0 Å². The van der Waals surface area contributed by atoms with E-state index >= 15 is 0 Å². The quantitative estimate of drug-likeness (QED) is 0.663. The summed E-state index contributed by atoms with van der Waals surface area (Å²) in [6.07, 6.45) is 2.51. The molecule has 8 nitrogen and oxygen atoms in total. The topological polar surface area (TPSA) is 88.6 Å². The lowest BCUT2D eigenvalue weighted by Crippen LogP contribution is -2.18. The lowest BCUT2D eigenvalue weighted by molar-refractivity contribution is 0.102. The fraction of sp³-hybridized carbons (Fsp3) is 0.389. The van der Waals surface area contributed by atoms with Crippen molar-refractivity contribution in [2.75, 3.05) is 52.0 Å². The van der Waals surface area contributed by atoms with E-state index in [0.29, 0.717) is 23.1 Å². The summed E-state index contributed by atoms with van der Waals surface area (Å²) in [6, 6.07) is 6.73. The molecule has 8 heteroatoms. The zero-order valence-electron chi connectivity index (χ0n) is 15.6. The largest absolute Gasteiger partial charge is 0.497 e. The van der Waals surface area contributed by atoms with Crippen molar-refractivity contribution < 1.29 is 14.3 Å². The molecule has 0 saturated heterocycles. The van der Waals surface area contributed by atoms with Gasteiger partial charge in [0.15, 0.2) is 0 Å². The van der Waals surface area contributed by atoms with Crippen molar-refractivity contribution in [3.8, 4) is 11.5 Å². The number of hydrogen-bond donors (Lipinski definition) is 2. The molecule has 2 aromatic rings. The highest BCUT2D eigenvalue weighted by molar-refractivity contribution is 6.03. The average Bonchev–Trinajstić information content (AvgIpc) is 2.65. The van der Waals surface area contributed by atoms with Crippen LogP contribution in [-0.2, 0) is 0 Å². The molecule has 2 rings (SSSR count). The number of carbonyl (C=O) groups excluding carboxylic acids is 1. The van der Waals surface area contributed by atoms with Crippen LogP contribution in [0.25, 0.3) is 0 Å². The average molecular weight is 359 g/mol. The van der Waals surface area contributed by atoms with Crippen LogP contribution in [-0.4, -0.2) is 62.2 Å². The van der Waals surface area contributed by atoms with Crippen LogP contribution in [0, 0.1) is 0 Å². The Hall–Kier alpha value is -2.87. The number of hydrogen-bond acceptors (Lipinski definition) is 7. The number of nitrogens with zero attached hydrogens (tertiary/aromatic N) is 3. The first-order chi connectivity index (χ1) is 12.5. The summed E-state index contributed by atoms with van der Waals surface area (Å²) in [5.41, 5.74) is 0.811. The Morgan fingerprint density at radius 2 is 2.00 bits per heavy atom. The van der Waals surface area contributed by atoms with E-state index in [1.165, 1.54) is 7.11 Å². The molecule has 0 spiro atoms. The maximum atomic E-state index is 12.5. The van der Waals surface area contributed by atoms with Gasteiger partial charge in [0, 0.05) is 18.8 Å². The minimum atomic E-state index is -0.341. The van der Waals surface area contributed by atoms with Gasteiger partial charge in [0.2, 0.25) is 5.95 Å². The molecule has 0 fully saturated rings.